The highest BCUT2D eigenvalue weighted by molar-refractivity contribution is 6.06. The predicted molar refractivity (Wildman–Crippen MR) is 84.7 cm³/mol. The van der Waals surface area contributed by atoms with E-state index in [0.717, 1.165) is 0 Å². The Hall–Kier alpha value is -2.95. The highest BCUT2D eigenvalue weighted by Crippen LogP contribution is 2.25. The lowest BCUT2D eigenvalue weighted by Gasteiger charge is -2.08. The van der Waals surface area contributed by atoms with Crippen molar-refractivity contribution in [2.24, 2.45) is 0 Å². The van der Waals surface area contributed by atoms with Crippen molar-refractivity contribution in [3.05, 3.63) is 60.3 Å². The molecule has 5 nitrogen and oxygen atoms in total. The Bertz CT molecular complexity index is 695. The summed E-state index contributed by atoms with van der Waals surface area (Å²) in [6.07, 6.45) is 2.85. The van der Waals surface area contributed by atoms with Gasteiger partial charge in [-0.25, -0.2) is 0 Å². The minimum atomic E-state index is -0.220. The largest absolute Gasteiger partial charge is 0.506 e. The van der Waals surface area contributed by atoms with Gasteiger partial charge >= 0.3 is 0 Å². The number of anilines is 1. The SMILES string of the molecule is COc1ccc(C(=O)/C=C/Nc2ccccc2O)c(OC)c1. The first-order valence-corrected chi connectivity index (χ1v) is 6.63. The second kappa shape index (κ2) is 7.17. The van der Waals surface area contributed by atoms with Gasteiger partial charge in [0.2, 0.25) is 0 Å². The van der Waals surface area contributed by atoms with Gasteiger partial charge in [0, 0.05) is 18.3 Å². The lowest BCUT2D eigenvalue weighted by molar-refractivity contribution is 0.104. The molecule has 0 atom stereocenters. The topological polar surface area (TPSA) is 67.8 Å². The van der Waals surface area contributed by atoms with Crippen molar-refractivity contribution in [1.82, 2.24) is 0 Å². The summed E-state index contributed by atoms with van der Waals surface area (Å²) in [5.41, 5.74) is 0.951. The number of phenolic OH excluding ortho intramolecular Hbond substituents is 1. The first-order valence-electron chi connectivity index (χ1n) is 6.63. The van der Waals surface area contributed by atoms with Crippen molar-refractivity contribution < 1.29 is 19.4 Å². The number of methoxy groups -OCH3 is 2. The maximum atomic E-state index is 12.2. The Kier molecular flexibility index (Phi) is 5.03. The third kappa shape index (κ3) is 3.58. The molecule has 5 heteroatoms. The zero-order valence-electron chi connectivity index (χ0n) is 12.4. The molecule has 0 saturated carbocycles. The molecular formula is C17H17NO4. The van der Waals surface area contributed by atoms with Crippen molar-refractivity contribution in [2.45, 2.75) is 0 Å². The summed E-state index contributed by atoms with van der Waals surface area (Å²) >= 11 is 0. The Labute approximate surface area is 128 Å². The molecule has 2 aromatic rings. The number of ether oxygens (including phenoxy) is 2. The fourth-order valence-corrected chi connectivity index (χ4v) is 1.89. The van der Waals surface area contributed by atoms with Gasteiger partial charge in [-0.05, 0) is 24.3 Å². The standard InChI is InChI=1S/C17H17NO4/c1-21-12-7-8-13(17(11-12)22-2)15(19)9-10-18-14-5-3-4-6-16(14)20/h3-11,18,20H,1-2H3/b10-9+. The Morgan fingerprint density at radius 3 is 2.59 bits per heavy atom. The van der Waals surface area contributed by atoms with E-state index >= 15 is 0 Å². The minimum Gasteiger partial charge on any atom is -0.506 e. The molecular weight excluding hydrogens is 282 g/mol. The number of hydrogen-bond donors (Lipinski definition) is 2. The average molecular weight is 299 g/mol. The summed E-state index contributed by atoms with van der Waals surface area (Å²) in [6.45, 7) is 0. The van der Waals surface area contributed by atoms with E-state index in [2.05, 4.69) is 5.32 Å². The first-order chi connectivity index (χ1) is 10.7. The molecule has 0 aliphatic carbocycles. The van der Waals surface area contributed by atoms with E-state index in [1.165, 1.54) is 19.4 Å². The number of phenols is 1. The number of hydrogen-bond acceptors (Lipinski definition) is 5. The van der Waals surface area contributed by atoms with Gasteiger partial charge in [0.25, 0.3) is 0 Å². The van der Waals surface area contributed by atoms with Crippen molar-refractivity contribution in [3.8, 4) is 17.2 Å². The maximum absolute atomic E-state index is 12.2. The number of rotatable bonds is 6. The van der Waals surface area contributed by atoms with Crippen LogP contribution in [0.5, 0.6) is 17.2 Å². The van der Waals surface area contributed by atoms with E-state index in [1.54, 1.807) is 49.6 Å². The fraction of sp³-hybridized carbons (Fsp3) is 0.118. The first kappa shape index (κ1) is 15.4. The van der Waals surface area contributed by atoms with Gasteiger partial charge in [-0.3, -0.25) is 4.79 Å². The molecule has 0 heterocycles. The van der Waals surface area contributed by atoms with Gasteiger partial charge in [0.05, 0.1) is 25.5 Å². The number of nitrogens with one attached hydrogen (secondary N) is 1. The average Bonchev–Trinajstić information content (AvgIpc) is 2.55. The summed E-state index contributed by atoms with van der Waals surface area (Å²) < 4.78 is 10.3. The molecule has 0 fully saturated rings. The summed E-state index contributed by atoms with van der Waals surface area (Å²) in [5, 5.41) is 12.5. The molecule has 0 amide bonds. The number of aromatic hydroxyl groups is 1. The molecule has 2 N–H and O–H groups in total. The lowest BCUT2D eigenvalue weighted by atomic mass is 10.1. The van der Waals surface area contributed by atoms with E-state index in [-0.39, 0.29) is 11.5 Å². The predicted octanol–water partition coefficient (Wildman–Crippen LogP) is 3.22. The molecule has 114 valence electrons. The molecule has 0 aromatic heterocycles. The van der Waals surface area contributed by atoms with Crippen LogP contribution in [0.15, 0.2) is 54.7 Å². The Morgan fingerprint density at radius 1 is 1.14 bits per heavy atom. The number of ketones is 1. The van der Waals surface area contributed by atoms with Crippen LogP contribution >= 0.6 is 0 Å². The molecule has 0 saturated heterocycles. The molecule has 2 aromatic carbocycles. The number of carbonyl (C=O) groups is 1. The van der Waals surface area contributed by atoms with Gasteiger partial charge in [-0.1, -0.05) is 12.1 Å². The fourth-order valence-electron chi connectivity index (χ4n) is 1.89. The molecule has 0 unspecified atom stereocenters. The van der Waals surface area contributed by atoms with Gasteiger partial charge in [-0.15, -0.1) is 0 Å². The van der Waals surface area contributed by atoms with Crippen molar-refractivity contribution in [2.75, 3.05) is 19.5 Å². The zero-order valence-corrected chi connectivity index (χ0v) is 12.4. The summed E-state index contributed by atoms with van der Waals surface area (Å²) in [6, 6.07) is 11.8. The van der Waals surface area contributed by atoms with Gasteiger partial charge in [0.1, 0.15) is 17.2 Å². The van der Waals surface area contributed by atoms with Crippen LogP contribution in [0.2, 0.25) is 0 Å². The van der Waals surface area contributed by atoms with E-state index in [0.29, 0.717) is 22.7 Å². The molecule has 0 aliphatic heterocycles. The van der Waals surface area contributed by atoms with Crippen LogP contribution < -0.4 is 14.8 Å². The zero-order chi connectivity index (χ0) is 15.9. The summed E-state index contributed by atoms with van der Waals surface area (Å²) in [4.78, 5) is 12.2. The molecule has 2 rings (SSSR count). The van der Waals surface area contributed by atoms with Crippen molar-refractivity contribution >= 4 is 11.5 Å². The molecule has 0 aliphatic rings. The normalized spacial score (nSPS) is 10.5. The number of benzene rings is 2. The van der Waals surface area contributed by atoms with Crippen molar-refractivity contribution in [1.29, 1.82) is 0 Å². The molecule has 0 spiro atoms. The van der Waals surface area contributed by atoms with Crippen LogP contribution in [0.25, 0.3) is 0 Å². The highest BCUT2D eigenvalue weighted by Gasteiger charge is 2.10. The van der Waals surface area contributed by atoms with E-state index in [1.807, 2.05) is 0 Å². The van der Waals surface area contributed by atoms with Crippen LogP contribution in [0.4, 0.5) is 5.69 Å². The number of para-hydroxylation sites is 2. The van der Waals surface area contributed by atoms with Crippen LogP contribution in [-0.2, 0) is 0 Å². The maximum Gasteiger partial charge on any atom is 0.191 e. The minimum absolute atomic E-state index is 0.113. The Morgan fingerprint density at radius 2 is 1.91 bits per heavy atom. The smallest absolute Gasteiger partial charge is 0.191 e. The quantitative estimate of drug-likeness (QED) is 0.487. The third-order valence-electron chi connectivity index (χ3n) is 3.05. The highest BCUT2D eigenvalue weighted by atomic mass is 16.5. The van der Waals surface area contributed by atoms with Gasteiger partial charge in [0.15, 0.2) is 5.78 Å². The van der Waals surface area contributed by atoms with Gasteiger partial charge < -0.3 is 19.9 Å². The summed E-state index contributed by atoms with van der Waals surface area (Å²) in [7, 11) is 3.04. The molecule has 0 radical (unpaired) electrons. The lowest BCUT2D eigenvalue weighted by Crippen LogP contribution is -2.00. The molecule has 22 heavy (non-hydrogen) atoms. The van der Waals surface area contributed by atoms with E-state index in [4.69, 9.17) is 9.47 Å². The van der Waals surface area contributed by atoms with Gasteiger partial charge in [-0.2, -0.15) is 0 Å². The van der Waals surface area contributed by atoms with Crippen LogP contribution in [-0.4, -0.2) is 25.1 Å². The van der Waals surface area contributed by atoms with E-state index in [9.17, 15) is 9.90 Å². The van der Waals surface area contributed by atoms with Crippen LogP contribution in [0.3, 0.4) is 0 Å². The second-order valence-corrected chi connectivity index (χ2v) is 4.43. The third-order valence-corrected chi connectivity index (χ3v) is 3.05. The number of carbonyl (C=O) groups excluding carboxylic acids is 1. The van der Waals surface area contributed by atoms with E-state index < -0.39 is 0 Å². The van der Waals surface area contributed by atoms with Crippen LogP contribution in [0, 0.1) is 0 Å². The molecule has 0 bridgehead atoms. The van der Waals surface area contributed by atoms with Crippen LogP contribution in [0.1, 0.15) is 10.4 Å². The monoisotopic (exact) mass is 299 g/mol. The Balaban J connectivity index is 2.12. The second-order valence-electron chi connectivity index (χ2n) is 4.43. The number of allylic oxidation sites excluding steroid dienone is 1. The van der Waals surface area contributed by atoms with Crippen molar-refractivity contribution in [3.63, 3.8) is 0 Å². The summed E-state index contributed by atoms with van der Waals surface area (Å²) in [5.74, 6) is 0.949.